The molecule has 0 aromatic rings. The molecule has 3 saturated carbocycles. The SMILES string of the molecule is C=C1CCC2CC(C3(C)CC[C@H](O)C[C@@H]3O)CC[C@]12C. The standard InChI is InChI=1S/C18H30O2/c1-12-4-5-13-10-14(6-8-17(12,13)2)18(3)9-7-15(19)11-16(18)20/h13-16,19-20H,1,4-11H2,2-3H3/t13?,14?,15-,16-,17+,18?/m0/s1. The first-order valence-corrected chi connectivity index (χ1v) is 8.40. The highest BCUT2D eigenvalue weighted by atomic mass is 16.3. The van der Waals surface area contributed by atoms with Crippen molar-refractivity contribution in [3.05, 3.63) is 12.2 Å². The van der Waals surface area contributed by atoms with E-state index in [1.165, 1.54) is 37.7 Å². The predicted molar refractivity (Wildman–Crippen MR) is 81.3 cm³/mol. The van der Waals surface area contributed by atoms with E-state index in [-0.39, 0.29) is 17.6 Å². The fourth-order valence-electron chi connectivity index (χ4n) is 5.30. The first-order chi connectivity index (χ1) is 9.36. The summed E-state index contributed by atoms with van der Waals surface area (Å²) in [6, 6.07) is 0. The van der Waals surface area contributed by atoms with Crippen molar-refractivity contribution in [3.63, 3.8) is 0 Å². The first-order valence-electron chi connectivity index (χ1n) is 8.40. The van der Waals surface area contributed by atoms with Gasteiger partial charge in [0.15, 0.2) is 0 Å². The Kier molecular flexibility index (Phi) is 3.53. The van der Waals surface area contributed by atoms with E-state index >= 15 is 0 Å². The third kappa shape index (κ3) is 2.07. The van der Waals surface area contributed by atoms with Gasteiger partial charge in [0.25, 0.3) is 0 Å². The van der Waals surface area contributed by atoms with Crippen molar-refractivity contribution in [2.75, 3.05) is 0 Å². The maximum absolute atomic E-state index is 10.5. The van der Waals surface area contributed by atoms with Gasteiger partial charge in [-0.15, -0.1) is 0 Å². The Morgan fingerprint density at radius 2 is 1.75 bits per heavy atom. The second-order valence-electron chi connectivity index (χ2n) is 8.18. The van der Waals surface area contributed by atoms with Crippen LogP contribution in [-0.4, -0.2) is 22.4 Å². The van der Waals surface area contributed by atoms with Gasteiger partial charge >= 0.3 is 0 Å². The summed E-state index contributed by atoms with van der Waals surface area (Å²) in [5.74, 6) is 1.39. The third-order valence-electron chi connectivity index (χ3n) is 7.29. The summed E-state index contributed by atoms with van der Waals surface area (Å²) in [6.45, 7) is 8.98. The van der Waals surface area contributed by atoms with Gasteiger partial charge < -0.3 is 10.2 Å². The number of fused-ring (bicyclic) bond motifs is 1. The predicted octanol–water partition coefficient (Wildman–Crippen LogP) is 3.67. The summed E-state index contributed by atoms with van der Waals surface area (Å²) < 4.78 is 0. The Labute approximate surface area is 123 Å². The second kappa shape index (κ2) is 4.84. The molecule has 3 rings (SSSR count). The number of aliphatic hydroxyl groups is 2. The highest BCUT2D eigenvalue weighted by molar-refractivity contribution is 5.19. The Morgan fingerprint density at radius 3 is 2.45 bits per heavy atom. The smallest absolute Gasteiger partial charge is 0.0621 e. The van der Waals surface area contributed by atoms with Crippen molar-refractivity contribution in [2.24, 2.45) is 22.7 Å². The molecule has 3 aliphatic carbocycles. The summed E-state index contributed by atoms with van der Waals surface area (Å²) in [5, 5.41) is 20.3. The zero-order valence-corrected chi connectivity index (χ0v) is 13.1. The molecule has 3 aliphatic rings. The quantitative estimate of drug-likeness (QED) is 0.718. The van der Waals surface area contributed by atoms with Crippen molar-refractivity contribution in [1.82, 2.24) is 0 Å². The molecular weight excluding hydrogens is 248 g/mol. The minimum atomic E-state index is -0.329. The molecule has 2 heteroatoms. The lowest BCUT2D eigenvalue weighted by Crippen LogP contribution is -2.48. The lowest BCUT2D eigenvalue weighted by molar-refractivity contribution is -0.0968. The lowest BCUT2D eigenvalue weighted by Gasteiger charge is -2.51. The molecule has 0 spiro atoms. The maximum atomic E-state index is 10.5. The number of allylic oxidation sites excluding steroid dienone is 1. The molecule has 20 heavy (non-hydrogen) atoms. The van der Waals surface area contributed by atoms with Crippen LogP contribution in [0.15, 0.2) is 12.2 Å². The monoisotopic (exact) mass is 278 g/mol. The van der Waals surface area contributed by atoms with Gasteiger partial charge in [-0.2, -0.15) is 0 Å². The van der Waals surface area contributed by atoms with E-state index in [2.05, 4.69) is 20.4 Å². The summed E-state index contributed by atoms with van der Waals surface area (Å²) in [7, 11) is 0. The molecule has 0 saturated heterocycles. The topological polar surface area (TPSA) is 40.5 Å². The average molecular weight is 278 g/mol. The highest BCUT2D eigenvalue weighted by Crippen LogP contribution is 2.60. The van der Waals surface area contributed by atoms with Crippen LogP contribution in [0.25, 0.3) is 0 Å². The molecule has 0 aromatic carbocycles. The fourth-order valence-corrected chi connectivity index (χ4v) is 5.30. The fraction of sp³-hybridized carbons (Fsp3) is 0.889. The zero-order chi connectivity index (χ0) is 14.5. The van der Waals surface area contributed by atoms with Crippen LogP contribution in [0.4, 0.5) is 0 Å². The van der Waals surface area contributed by atoms with Crippen LogP contribution in [0, 0.1) is 22.7 Å². The second-order valence-corrected chi connectivity index (χ2v) is 8.18. The van der Waals surface area contributed by atoms with E-state index in [1.54, 1.807) is 0 Å². The van der Waals surface area contributed by atoms with Crippen LogP contribution in [0.1, 0.15) is 65.2 Å². The molecule has 0 aliphatic heterocycles. The van der Waals surface area contributed by atoms with Crippen molar-refractivity contribution >= 4 is 0 Å². The number of hydrogen-bond donors (Lipinski definition) is 2. The van der Waals surface area contributed by atoms with Gasteiger partial charge in [0, 0.05) is 0 Å². The summed E-state index contributed by atoms with van der Waals surface area (Å²) >= 11 is 0. The number of rotatable bonds is 1. The Bertz CT molecular complexity index is 404. The molecule has 0 heterocycles. The molecule has 3 unspecified atom stereocenters. The van der Waals surface area contributed by atoms with E-state index < -0.39 is 0 Å². The summed E-state index contributed by atoms with van der Waals surface area (Å²) in [5.41, 5.74) is 1.85. The largest absolute Gasteiger partial charge is 0.393 e. The van der Waals surface area contributed by atoms with Crippen LogP contribution < -0.4 is 0 Å². The Morgan fingerprint density at radius 1 is 1.00 bits per heavy atom. The van der Waals surface area contributed by atoms with E-state index in [9.17, 15) is 10.2 Å². The van der Waals surface area contributed by atoms with Crippen molar-refractivity contribution in [2.45, 2.75) is 77.4 Å². The highest BCUT2D eigenvalue weighted by Gasteiger charge is 2.51. The molecule has 0 bridgehead atoms. The van der Waals surface area contributed by atoms with Crippen molar-refractivity contribution in [3.8, 4) is 0 Å². The van der Waals surface area contributed by atoms with Crippen LogP contribution >= 0.6 is 0 Å². The van der Waals surface area contributed by atoms with Gasteiger partial charge in [0.1, 0.15) is 0 Å². The van der Waals surface area contributed by atoms with Gasteiger partial charge in [0.05, 0.1) is 12.2 Å². The van der Waals surface area contributed by atoms with Crippen molar-refractivity contribution in [1.29, 1.82) is 0 Å². The average Bonchev–Trinajstić information content (AvgIpc) is 2.70. The number of aliphatic hydroxyl groups excluding tert-OH is 2. The normalized spacial score (nSPS) is 52.9. The van der Waals surface area contributed by atoms with Crippen molar-refractivity contribution < 1.29 is 10.2 Å². The minimum Gasteiger partial charge on any atom is -0.393 e. The van der Waals surface area contributed by atoms with E-state index in [4.69, 9.17) is 0 Å². The van der Waals surface area contributed by atoms with Crippen LogP contribution in [0.3, 0.4) is 0 Å². The van der Waals surface area contributed by atoms with Gasteiger partial charge in [-0.05, 0) is 74.0 Å². The summed E-state index contributed by atoms with van der Waals surface area (Å²) in [4.78, 5) is 0. The van der Waals surface area contributed by atoms with Crippen LogP contribution in [-0.2, 0) is 0 Å². The van der Waals surface area contributed by atoms with Gasteiger partial charge in [-0.25, -0.2) is 0 Å². The minimum absolute atomic E-state index is 0.0183. The molecule has 0 radical (unpaired) electrons. The van der Waals surface area contributed by atoms with E-state index in [0.717, 1.165) is 18.8 Å². The van der Waals surface area contributed by atoms with E-state index in [1.807, 2.05) is 0 Å². The molecule has 3 fully saturated rings. The lowest BCUT2D eigenvalue weighted by atomic mass is 9.55. The molecule has 2 N–H and O–H groups in total. The number of hydrogen-bond acceptors (Lipinski definition) is 2. The van der Waals surface area contributed by atoms with E-state index in [0.29, 0.717) is 17.8 Å². The third-order valence-corrected chi connectivity index (χ3v) is 7.29. The molecule has 2 nitrogen and oxygen atoms in total. The first kappa shape index (κ1) is 14.6. The maximum Gasteiger partial charge on any atom is 0.0621 e. The van der Waals surface area contributed by atoms with Gasteiger partial charge in [-0.3, -0.25) is 0 Å². The Hall–Kier alpha value is -0.340. The molecular formula is C18H30O2. The van der Waals surface area contributed by atoms with Gasteiger partial charge in [0.2, 0.25) is 0 Å². The van der Waals surface area contributed by atoms with Crippen LogP contribution in [0.2, 0.25) is 0 Å². The zero-order valence-electron chi connectivity index (χ0n) is 13.1. The molecule has 0 amide bonds. The molecule has 114 valence electrons. The molecule has 0 aromatic heterocycles. The summed E-state index contributed by atoms with van der Waals surface area (Å²) in [6.07, 6.45) is 7.99. The van der Waals surface area contributed by atoms with Crippen LogP contribution in [0.5, 0.6) is 0 Å². The van der Waals surface area contributed by atoms with Gasteiger partial charge in [-0.1, -0.05) is 26.0 Å². The Balaban J connectivity index is 1.75. The molecule has 6 atom stereocenters.